The molecular weight excluding hydrogens is 371 g/mol. The Balaban J connectivity index is 2.14. The van der Waals surface area contributed by atoms with Crippen LogP contribution in [0.1, 0.15) is 12.5 Å². The smallest absolute Gasteiger partial charge is 0.242 e. The van der Waals surface area contributed by atoms with Gasteiger partial charge in [-0.15, -0.1) is 0 Å². The SMILES string of the molecule is Cc1cccc(NC(=O)[C@H](C)NS(=O)(=O)c2cc(Cl)ccc2Cl)c1. The number of hydrogen-bond acceptors (Lipinski definition) is 3. The molecule has 2 aromatic carbocycles. The van der Waals surface area contributed by atoms with Gasteiger partial charge < -0.3 is 5.32 Å². The number of amides is 1. The van der Waals surface area contributed by atoms with Gasteiger partial charge in [-0.3, -0.25) is 4.79 Å². The van der Waals surface area contributed by atoms with Crippen LogP contribution in [0.4, 0.5) is 5.69 Å². The third-order valence-corrected chi connectivity index (χ3v) is 5.45. The van der Waals surface area contributed by atoms with Crippen LogP contribution in [-0.2, 0) is 14.8 Å². The Hall–Kier alpha value is -1.60. The van der Waals surface area contributed by atoms with Gasteiger partial charge in [0.1, 0.15) is 4.90 Å². The lowest BCUT2D eigenvalue weighted by Gasteiger charge is -2.15. The number of halogens is 2. The average Bonchev–Trinajstić information content (AvgIpc) is 2.49. The number of aryl methyl sites for hydroxylation is 1. The van der Waals surface area contributed by atoms with Crippen molar-refractivity contribution in [1.29, 1.82) is 0 Å². The van der Waals surface area contributed by atoms with Crippen LogP contribution in [0.25, 0.3) is 0 Å². The molecule has 8 heteroatoms. The van der Waals surface area contributed by atoms with Crippen molar-refractivity contribution in [1.82, 2.24) is 4.72 Å². The van der Waals surface area contributed by atoms with E-state index in [-0.39, 0.29) is 14.9 Å². The molecule has 0 fully saturated rings. The number of hydrogen-bond donors (Lipinski definition) is 2. The Morgan fingerprint density at radius 1 is 1.12 bits per heavy atom. The lowest BCUT2D eigenvalue weighted by Crippen LogP contribution is -2.41. The zero-order chi connectivity index (χ0) is 17.9. The summed E-state index contributed by atoms with van der Waals surface area (Å²) in [4.78, 5) is 12.0. The average molecular weight is 387 g/mol. The van der Waals surface area contributed by atoms with E-state index in [9.17, 15) is 13.2 Å². The van der Waals surface area contributed by atoms with Crippen molar-refractivity contribution >= 4 is 44.8 Å². The van der Waals surface area contributed by atoms with Crippen LogP contribution in [0, 0.1) is 6.92 Å². The van der Waals surface area contributed by atoms with Gasteiger partial charge in [-0.2, -0.15) is 4.72 Å². The number of rotatable bonds is 5. The number of sulfonamides is 1. The van der Waals surface area contributed by atoms with E-state index in [4.69, 9.17) is 23.2 Å². The molecule has 0 bridgehead atoms. The van der Waals surface area contributed by atoms with Gasteiger partial charge in [-0.05, 0) is 49.7 Å². The molecule has 0 radical (unpaired) electrons. The number of nitrogens with one attached hydrogen (secondary N) is 2. The monoisotopic (exact) mass is 386 g/mol. The maximum atomic E-state index is 12.4. The van der Waals surface area contributed by atoms with Crippen LogP contribution < -0.4 is 10.0 Å². The van der Waals surface area contributed by atoms with Crippen LogP contribution in [0.15, 0.2) is 47.4 Å². The summed E-state index contributed by atoms with van der Waals surface area (Å²) < 4.78 is 27.1. The maximum Gasteiger partial charge on any atom is 0.242 e. The van der Waals surface area contributed by atoms with E-state index in [1.165, 1.54) is 25.1 Å². The predicted octanol–water partition coefficient (Wildman–Crippen LogP) is 3.61. The molecule has 0 aliphatic heterocycles. The summed E-state index contributed by atoms with van der Waals surface area (Å²) in [6.07, 6.45) is 0. The first-order valence-electron chi connectivity index (χ1n) is 7.04. The molecule has 2 rings (SSSR count). The van der Waals surface area contributed by atoms with E-state index in [0.29, 0.717) is 5.69 Å². The summed E-state index contributed by atoms with van der Waals surface area (Å²) in [6, 6.07) is 10.3. The highest BCUT2D eigenvalue weighted by atomic mass is 35.5. The van der Waals surface area contributed by atoms with Crippen molar-refractivity contribution in [3.05, 3.63) is 58.1 Å². The summed E-state index contributed by atoms with van der Waals surface area (Å²) in [6.45, 7) is 3.34. The number of carbonyl (C=O) groups is 1. The fourth-order valence-electron chi connectivity index (χ4n) is 2.01. The molecule has 0 heterocycles. The number of benzene rings is 2. The van der Waals surface area contributed by atoms with Crippen molar-refractivity contribution in [2.45, 2.75) is 24.8 Å². The van der Waals surface area contributed by atoms with E-state index in [2.05, 4.69) is 10.0 Å². The van der Waals surface area contributed by atoms with E-state index in [1.807, 2.05) is 13.0 Å². The second kappa shape index (κ2) is 7.53. The first kappa shape index (κ1) is 18.7. The topological polar surface area (TPSA) is 75.3 Å². The van der Waals surface area contributed by atoms with E-state index >= 15 is 0 Å². The van der Waals surface area contributed by atoms with Gasteiger partial charge in [-0.1, -0.05) is 35.3 Å². The Kier molecular flexibility index (Phi) is 5.87. The molecule has 128 valence electrons. The maximum absolute atomic E-state index is 12.4. The molecule has 1 atom stereocenters. The summed E-state index contributed by atoms with van der Waals surface area (Å²) in [7, 11) is -3.99. The Morgan fingerprint density at radius 3 is 2.50 bits per heavy atom. The fourth-order valence-corrected chi connectivity index (χ4v) is 3.97. The third kappa shape index (κ3) is 4.70. The zero-order valence-corrected chi connectivity index (χ0v) is 15.3. The summed E-state index contributed by atoms with van der Waals surface area (Å²) in [5.74, 6) is -0.484. The van der Waals surface area contributed by atoms with Crippen LogP contribution in [0.5, 0.6) is 0 Å². The lowest BCUT2D eigenvalue weighted by atomic mass is 10.2. The Bertz CT molecular complexity index is 869. The van der Waals surface area contributed by atoms with Crippen LogP contribution >= 0.6 is 23.2 Å². The molecule has 0 aliphatic carbocycles. The second-order valence-electron chi connectivity index (χ2n) is 5.28. The van der Waals surface area contributed by atoms with E-state index in [1.54, 1.807) is 18.2 Å². The standard InChI is InChI=1S/C16H16Cl2N2O3S/c1-10-4-3-5-13(8-10)19-16(21)11(2)20-24(22,23)15-9-12(17)6-7-14(15)18/h3-9,11,20H,1-2H3,(H,19,21)/t11-/m0/s1. The highest BCUT2D eigenvalue weighted by molar-refractivity contribution is 7.89. The van der Waals surface area contributed by atoms with Crippen molar-refractivity contribution in [3.8, 4) is 0 Å². The highest BCUT2D eigenvalue weighted by Crippen LogP contribution is 2.25. The van der Waals surface area contributed by atoms with Gasteiger partial charge in [0.05, 0.1) is 11.1 Å². The highest BCUT2D eigenvalue weighted by Gasteiger charge is 2.24. The predicted molar refractivity (Wildman–Crippen MR) is 96.1 cm³/mol. The molecule has 0 unspecified atom stereocenters. The molecule has 24 heavy (non-hydrogen) atoms. The summed E-state index contributed by atoms with van der Waals surface area (Å²) in [5, 5.41) is 2.92. The summed E-state index contributed by atoms with van der Waals surface area (Å²) in [5.41, 5.74) is 1.57. The molecule has 1 amide bonds. The zero-order valence-electron chi connectivity index (χ0n) is 13.0. The van der Waals surface area contributed by atoms with Crippen LogP contribution in [0.3, 0.4) is 0 Å². The number of anilines is 1. The molecule has 0 aromatic heterocycles. The van der Waals surface area contributed by atoms with Crippen molar-refractivity contribution in [2.75, 3.05) is 5.32 Å². The fraction of sp³-hybridized carbons (Fsp3) is 0.188. The minimum Gasteiger partial charge on any atom is -0.325 e. The first-order valence-corrected chi connectivity index (χ1v) is 9.28. The van der Waals surface area contributed by atoms with Crippen LogP contribution in [0.2, 0.25) is 10.0 Å². The molecule has 0 aliphatic rings. The van der Waals surface area contributed by atoms with Gasteiger partial charge in [-0.25, -0.2) is 8.42 Å². The molecule has 0 saturated heterocycles. The minimum absolute atomic E-state index is 0.0261. The van der Waals surface area contributed by atoms with E-state index in [0.717, 1.165) is 5.56 Å². The quantitative estimate of drug-likeness (QED) is 0.823. The van der Waals surface area contributed by atoms with Gasteiger partial charge in [0.15, 0.2) is 0 Å². The normalized spacial score (nSPS) is 12.7. The van der Waals surface area contributed by atoms with Crippen molar-refractivity contribution < 1.29 is 13.2 Å². The van der Waals surface area contributed by atoms with Gasteiger partial charge in [0.2, 0.25) is 15.9 Å². The van der Waals surface area contributed by atoms with Crippen LogP contribution in [-0.4, -0.2) is 20.4 Å². The minimum atomic E-state index is -3.99. The summed E-state index contributed by atoms with van der Waals surface area (Å²) >= 11 is 11.7. The lowest BCUT2D eigenvalue weighted by molar-refractivity contribution is -0.117. The molecule has 2 N–H and O–H groups in total. The molecule has 0 saturated carbocycles. The Morgan fingerprint density at radius 2 is 1.83 bits per heavy atom. The van der Waals surface area contributed by atoms with Gasteiger partial charge in [0.25, 0.3) is 0 Å². The second-order valence-corrected chi connectivity index (χ2v) is 7.80. The largest absolute Gasteiger partial charge is 0.325 e. The van der Waals surface area contributed by atoms with E-state index < -0.39 is 22.0 Å². The van der Waals surface area contributed by atoms with Crippen molar-refractivity contribution in [3.63, 3.8) is 0 Å². The van der Waals surface area contributed by atoms with Gasteiger partial charge >= 0.3 is 0 Å². The number of carbonyl (C=O) groups excluding carboxylic acids is 1. The molecule has 5 nitrogen and oxygen atoms in total. The first-order chi connectivity index (χ1) is 11.2. The molecule has 0 spiro atoms. The van der Waals surface area contributed by atoms with Gasteiger partial charge in [0, 0.05) is 10.7 Å². The molecular formula is C16H16Cl2N2O3S. The van der Waals surface area contributed by atoms with Crippen molar-refractivity contribution in [2.24, 2.45) is 0 Å². The molecule has 2 aromatic rings. The third-order valence-electron chi connectivity index (χ3n) is 3.19. The Labute approximate surface area is 151 Å².